The van der Waals surface area contributed by atoms with Crippen LogP contribution in [0, 0.1) is 0 Å². The van der Waals surface area contributed by atoms with Gasteiger partial charge in [-0.2, -0.15) is 0 Å². The van der Waals surface area contributed by atoms with Crippen LogP contribution in [0.2, 0.25) is 0 Å². The minimum absolute atomic E-state index is 0.0760. The van der Waals surface area contributed by atoms with Gasteiger partial charge in [0.25, 0.3) is 0 Å². The van der Waals surface area contributed by atoms with Gasteiger partial charge >= 0.3 is 0 Å². The Labute approximate surface area is 97.3 Å². The molecule has 1 saturated carbocycles. The van der Waals surface area contributed by atoms with Crippen LogP contribution in [0.5, 0.6) is 0 Å². The molecule has 94 valence electrons. The Morgan fingerprint density at radius 3 is 2.56 bits per heavy atom. The first-order chi connectivity index (χ1) is 7.40. The van der Waals surface area contributed by atoms with E-state index in [9.17, 15) is 13.5 Å². The molecule has 1 aliphatic carbocycles. The zero-order valence-corrected chi connectivity index (χ0v) is 10.6. The van der Waals surface area contributed by atoms with E-state index in [1.807, 2.05) is 6.92 Å². The fourth-order valence-electron chi connectivity index (χ4n) is 2.85. The minimum Gasteiger partial charge on any atom is -0.392 e. The number of hydrogen-bond acceptors (Lipinski definition) is 4. The van der Waals surface area contributed by atoms with Crippen molar-refractivity contribution in [2.24, 2.45) is 0 Å². The minimum atomic E-state index is -2.87. The van der Waals surface area contributed by atoms with E-state index < -0.39 is 9.84 Å². The summed E-state index contributed by atoms with van der Waals surface area (Å²) >= 11 is 0. The molecule has 0 spiro atoms. The molecule has 2 aliphatic rings. The number of hydrogen-bond donors (Lipinski definition) is 2. The SMILES string of the molecule is CC1(NC2CCCCC2O)CCS(=O)(=O)C1. The predicted molar refractivity (Wildman–Crippen MR) is 63.1 cm³/mol. The standard InChI is InChI=1S/C11H21NO3S/c1-11(6-7-16(14,15)8-11)12-9-4-2-3-5-10(9)13/h9-10,12-13H,2-8H2,1H3. The molecular weight excluding hydrogens is 226 g/mol. The van der Waals surface area contributed by atoms with Crippen LogP contribution in [0.4, 0.5) is 0 Å². The van der Waals surface area contributed by atoms with Crippen LogP contribution in [0.1, 0.15) is 39.0 Å². The van der Waals surface area contributed by atoms with E-state index >= 15 is 0 Å². The van der Waals surface area contributed by atoms with E-state index in [2.05, 4.69) is 5.32 Å². The third kappa shape index (κ3) is 2.76. The predicted octanol–water partition coefficient (Wildman–Crippen LogP) is 0.457. The highest BCUT2D eigenvalue weighted by atomic mass is 32.2. The quantitative estimate of drug-likeness (QED) is 0.744. The van der Waals surface area contributed by atoms with Crippen LogP contribution in [0.25, 0.3) is 0 Å². The van der Waals surface area contributed by atoms with Crippen molar-refractivity contribution in [1.82, 2.24) is 5.32 Å². The molecule has 0 aromatic rings. The van der Waals surface area contributed by atoms with Gasteiger partial charge in [-0.3, -0.25) is 0 Å². The molecule has 4 nitrogen and oxygen atoms in total. The maximum absolute atomic E-state index is 11.5. The Kier molecular flexibility index (Phi) is 3.29. The van der Waals surface area contributed by atoms with E-state index in [0.717, 1.165) is 25.7 Å². The topological polar surface area (TPSA) is 66.4 Å². The van der Waals surface area contributed by atoms with E-state index in [4.69, 9.17) is 0 Å². The molecule has 2 N–H and O–H groups in total. The Balaban J connectivity index is 1.98. The highest BCUT2D eigenvalue weighted by Gasteiger charge is 2.40. The number of aliphatic hydroxyl groups is 1. The molecule has 3 unspecified atom stereocenters. The second-order valence-corrected chi connectivity index (χ2v) is 7.69. The van der Waals surface area contributed by atoms with Crippen LogP contribution in [-0.2, 0) is 9.84 Å². The van der Waals surface area contributed by atoms with Crippen molar-refractivity contribution in [2.75, 3.05) is 11.5 Å². The van der Waals surface area contributed by atoms with E-state index in [0.29, 0.717) is 6.42 Å². The van der Waals surface area contributed by atoms with Crippen molar-refractivity contribution in [3.63, 3.8) is 0 Å². The highest BCUT2D eigenvalue weighted by molar-refractivity contribution is 7.91. The van der Waals surface area contributed by atoms with Gasteiger partial charge in [0.2, 0.25) is 0 Å². The second-order valence-electron chi connectivity index (χ2n) is 5.51. The van der Waals surface area contributed by atoms with Crippen molar-refractivity contribution in [3.05, 3.63) is 0 Å². The molecule has 2 rings (SSSR count). The molecule has 2 fully saturated rings. The third-order valence-corrected chi connectivity index (χ3v) is 5.67. The van der Waals surface area contributed by atoms with Crippen LogP contribution >= 0.6 is 0 Å². The molecule has 1 saturated heterocycles. The summed E-state index contributed by atoms with van der Waals surface area (Å²) in [5.41, 5.74) is -0.332. The summed E-state index contributed by atoms with van der Waals surface area (Å²) in [5, 5.41) is 13.2. The monoisotopic (exact) mass is 247 g/mol. The van der Waals surface area contributed by atoms with Gasteiger partial charge in [-0.05, 0) is 26.2 Å². The highest BCUT2D eigenvalue weighted by Crippen LogP contribution is 2.27. The van der Waals surface area contributed by atoms with Gasteiger partial charge in [0.05, 0.1) is 17.6 Å². The van der Waals surface area contributed by atoms with Gasteiger partial charge in [0.15, 0.2) is 9.84 Å². The molecule has 0 radical (unpaired) electrons. The molecule has 0 aromatic heterocycles. The van der Waals surface area contributed by atoms with Crippen LogP contribution in [0.3, 0.4) is 0 Å². The zero-order valence-electron chi connectivity index (χ0n) is 9.78. The van der Waals surface area contributed by atoms with Crippen molar-refractivity contribution in [2.45, 2.75) is 56.7 Å². The lowest BCUT2D eigenvalue weighted by atomic mass is 9.89. The fourth-order valence-corrected chi connectivity index (χ4v) is 4.96. The number of aliphatic hydroxyl groups excluding tert-OH is 1. The third-order valence-electron chi connectivity index (χ3n) is 3.77. The fraction of sp³-hybridized carbons (Fsp3) is 1.00. The maximum Gasteiger partial charge on any atom is 0.152 e. The summed E-state index contributed by atoms with van der Waals surface area (Å²) in [5.74, 6) is 0.489. The molecule has 16 heavy (non-hydrogen) atoms. The normalized spacial score (nSPS) is 43.4. The molecule has 5 heteroatoms. The summed E-state index contributed by atoms with van der Waals surface area (Å²) in [6.45, 7) is 1.96. The average Bonchev–Trinajstić information content (AvgIpc) is 2.45. The van der Waals surface area contributed by atoms with Gasteiger partial charge in [0, 0.05) is 11.6 Å². The summed E-state index contributed by atoms with van der Waals surface area (Å²) in [6.07, 6.45) is 4.34. The first-order valence-corrected chi connectivity index (χ1v) is 7.89. The molecule has 0 aromatic carbocycles. The van der Waals surface area contributed by atoms with Crippen LogP contribution in [0.15, 0.2) is 0 Å². The van der Waals surface area contributed by atoms with Gasteiger partial charge in [-0.1, -0.05) is 12.8 Å². The molecule has 1 heterocycles. The lowest BCUT2D eigenvalue weighted by Gasteiger charge is -2.35. The molecule has 3 atom stereocenters. The van der Waals surface area contributed by atoms with Gasteiger partial charge < -0.3 is 10.4 Å². The lowest BCUT2D eigenvalue weighted by molar-refractivity contribution is 0.0767. The molecular formula is C11H21NO3S. The largest absolute Gasteiger partial charge is 0.392 e. The zero-order chi connectivity index (χ0) is 11.8. The summed E-state index contributed by atoms with van der Waals surface area (Å²) in [7, 11) is -2.87. The number of rotatable bonds is 2. The van der Waals surface area contributed by atoms with Crippen molar-refractivity contribution in [1.29, 1.82) is 0 Å². The van der Waals surface area contributed by atoms with E-state index in [1.54, 1.807) is 0 Å². The molecule has 0 amide bonds. The van der Waals surface area contributed by atoms with Crippen LogP contribution < -0.4 is 5.32 Å². The first-order valence-electron chi connectivity index (χ1n) is 6.06. The smallest absolute Gasteiger partial charge is 0.152 e. The Morgan fingerprint density at radius 2 is 2.00 bits per heavy atom. The van der Waals surface area contributed by atoms with Gasteiger partial charge in [-0.25, -0.2) is 8.42 Å². The van der Waals surface area contributed by atoms with Crippen molar-refractivity contribution >= 4 is 9.84 Å². The summed E-state index contributed by atoms with van der Waals surface area (Å²) < 4.78 is 22.9. The summed E-state index contributed by atoms with van der Waals surface area (Å²) in [4.78, 5) is 0. The Bertz CT molecular complexity index is 354. The second kappa shape index (κ2) is 4.27. The molecule has 0 bridgehead atoms. The Hall–Kier alpha value is -0.130. The van der Waals surface area contributed by atoms with E-state index in [1.165, 1.54) is 0 Å². The lowest BCUT2D eigenvalue weighted by Crippen LogP contribution is -2.54. The van der Waals surface area contributed by atoms with Crippen molar-refractivity contribution < 1.29 is 13.5 Å². The van der Waals surface area contributed by atoms with Gasteiger partial charge in [0.1, 0.15) is 0 Å². The maximum atomic E-state index is 11.5. The number of sulfone groups is 1. The van der Waals surface area contributed by atoms with Gasteiger partial charge in [-0.15, -0.1) is 0 Å². The molecule has 1 aliphatic heterocycles. The summed E-state index contributed by atoms with van der Waals surface area (Å²) in [6, 6.07) is 0.0760. The Morgan fingerprint density at radius 1 is 1.31 bits per heavy atom. The average molecular weight is 247 g/mol. The van der Waals surface area contributed by atoms with Crippen molar-refractivity contribution in [3.8, 4) is 0 Å². The first kappa shape index (κ1) is 12.3. The number of nitrogens with one attached hydrogen (secondary N) is 1. The van der Waals surface area contributed by atoms with Crippen LogP contribution in [-0.4, -0.2) is 42.7 Å². The van der Waals surface area contributed by atoms with E-state index in [-0.39, 0.29) is 29.2 Å².